The molecular formula is C24H22F3NO2S. The van der Waals surface area contributed by atoms with E-state index in [1.54, 1.807) is 30.0 Å². The van der Waals surface area contributed by atoms with Crippen molar-refractivity contribution in [2.45, 2.75) is 30.7 Å². The molecule has 0 saturated heterocycles. The number of carbonyl (C=O) groups excluding carboxylic acids is 1. The molecule has 7 heteroatoms. The Morgan fingerprint density at radius 2 is 1.68 bits per heavy atom. The lowest BCUT2D eigenvalue weighted by atomic mass is 10.1. The number of hydrogen-bond donors (Lipinski definition) is 1. The maximum Gasteiger partial charge on any atom is 0.416 e. The molecule has 0 aliphatic heterocycles. The lowest BCUT2D eigenvalue weighted by Gasteiger charge is -2.13. The molecule has 0 aliphatic carbocycles. The molecule has 3 aromatic carbocycles. The summed E-state index contributed by atoms with van der Waals surface area (Å²) in [7, 11) is 0. The van der Waals surface area contributed by atoms with Crippen molar-refractivity contribution < 1.29 is 22.7 Å². The number of thioether (sulfide) groups is 1. The van der Waals surface area contributed by atoms with E-state index >= 15 is 0 Å². The molecule has 31 heavy (non-hydrogen) atoms. The summed E-state index contributed by atoms with van der Waals surface area (Å²) in [5.41, 5.74) is 1.99. The minimum absolute atomic E-state index is 0.294. The molecule has 0 unspecified atom stereocenters. The van der Waals surface area contributed by atoms with E-state index in [0.29, 0.717) is 29.4 Å². The number of halogens is 3. The molecule has 0 radical (unpaired) electrons. The SMILES string of the molecule is CCOc1ccc(C(=O)Nc2ccc(C(F)(F)F)cc2)cc1CSc1ccc(C)cc1. The second-order valence-electron chi connectivity index (χ2n) is 6.89. The van der Waals surface area contributed by atoms with Gasteiger partial charge in [0.15, 0.2) is 0 Å². The average molecular weight is 446 g/mol. The predicted octanol–water partition coefficient (Wildman–Crippen LogP) is 6.96. The molecule has 3 rings (SSSR count). The summed E-state index contributed by atoms with van der Waals surface area (Å²) in [6.45, 7) is 4.42. The van der Waals surface area contributed by atoms with E-state index in [4.69, 9.17) is 4.74 Å². The fraction of sp³-hybridized carbons (Fsp3) is 0.208. The van der Waals surface area contributed by atoms with Crippen LogP contribution in [0.5, 0.6) is 5.75 Å². The summed E-state index contributed by atoms with van der Waals surface area (Å²) in [5.74, 6) is 0.914. The summed E-state index contributed by atoms with van der Waals surface area (Å²) in [4.78, 5) is 13.8. The van der Waals surface area contributed by atoms with Crippen LogP contribution < -0.4 is 10.1 Å². The van der Waals surface area contributed by atoms with E-state index in [1.165, 1.54) is 17.7 Å². The van der Waals surface area contributed by atoms with Crippen molar-refractivity contribution in [2.75, 3.05) is 11.9 Å². The first-order chi connectivity index (χ1) is 14.8. The van der Waals surface area contributed by atoms with Gasteiger partial charge in [-0.3, -0.25) is 4.79 Å². The molecule has 1 amide bonds. The Morgan fingerprint density at radius 3 is 2.29 bits per heavy atom. The van der Waals surface area contributed by atoms with Crippen molar-refractivity contribution in [1.82, 2.24) is 0 Å². The van der Waals surface area contributed by atoms with Gasteiger partial charge in [0.05, 0.1) is 12.2 Å². The number of carbonyl (C=O) groups is 1. The number of hydrogen-bond acceptors (Lipinski definition) is 3. The lowest BCUT2D eigenvalue weighted by Crippen LogP contribution is -2.13. The number of amides is 1. The van der Waals surface area contributed by atoms with E-state index in [2.05, 4.69) is 5.32 Å². The first-order valence-corrected chi connectivity index (χ1v) is 10.7. The van der Waals surface area contributed by atoms with Crippen LogP contribution in [0.1, 0.15) is 34.0 Å². The quantitative estimate of drug-likeness (QED) is 0.400. The third-order valence-electron chi connectivity index (χ3n) is 4.51. The van der Waals surface area contributed by atoms with Crippen LogP contribution in [0, 0.1) is 6.92 Å². The summed E-state index contributed by atoms with van der Waals surface area (Å²) in [6.07, 6.45) is -4.42. The van der Waals surface area contributed by atoms with Gasteiger partial charge in [-0.1, -0.05) is 17.7 Å². The Hall–Kier alpha value is -2.93. The second kappa shape index (κ2) is 9.92. The monoisotopic (exact) mass is 445 g/mol. The minimum atomic E-state index is -4.42. The van der Waals surface area contributed by atoms with Gasteiger partial charge in [0.2, 0.25) is 0 Å². The standard InChI is InChI=1S/C24H22F3NO2S/c1-3-30-22-13-6-17(14-18(22)15-31-21-11-4-16(2)5-12-21)23(29)28-20-9-7-19(8-10-20)24(25,26)27/h4-14H,3,15H2,1-2H3,(H,28,29). The number of aryl methyl sites for hydroxylation is 1. The Balaban J connectivity index is 1.75. The number of rotatable bonds is 7. The number of anilines is 1. The number of nitrogens with one attached hydrogen (secondary N) is 1. The van der Waals surface area contributed by atoms with E-state index in [9.17, 15) is 18.0 Å². The van der Waals surface area contributed by atoms with Gasteiger partial charge in [0, 0.05) is 27.5 Å². The zero-order valence-corrected chi connectivity index (χ0v) is 17.9. The van der Waals surface area contributed by atoms with Gasteiger partial charge in [-0.05, 0) is 68.4 Å². The topological polar surface area (TPSA) is 38.3 Å². The highest BCUT2D eigenvalue weighted by atomic mass is 32.2. The maximum absolute atomic E-state index is 12.7. The third-order valence-corrected chi connectivity index (χ3v) is 5.57. The fourth-order valence-corrected chi connectivity index (χ4v) is 3.75. The molecule has 0 fully saturated rings. The molecule has 0 saturated carbocycles. The largest absolute Gasteiger partial charge is 0.494 e. The van der Waals surface area contributed by atoms with Crippen molar-refractivity contribution in [2.24, 2.45) is 0 Å². The van der Waals surface area contributed by atoms with E-state index < -0.39 is 17.6 Å². The molecule has 0 atom stereocenters. The normalized spacial score (nSPS) is 11.3. The molecule has 0 spiro atoms. The van der Waals surface area contributed by atoms with Gasteiger partial charge in [-0.25, -0.2) is 0 Å². The van der Waals surface area contributed by atoms with Crippen LogP contribution in [-0.4, -0.2) is 12.5 Å². The molecule has 162 valence electrons. The zero-order valence-electron chi connectivity index (χ0n) is 17.1. The Morgan fingerprint density at radius 1 is 1.00 bits per heavy atom. The van der Waals surface area contributed by atoms with Crippen molar-refractivity contribution in [1.29, 1.82) is 0 Å². The summed E-state index contributed by atoms with van der Waals surface area (Å²) >= 11 is 1.63. The van der Waals surface area contributed by atoms with E-state index in [1.807, 2.05) is 38.1 Å². The van der Waals surface area contributed by atoms with E-state index in [0.717, 1.165) is 22.6 Å². The highest BCUT2D eigenvalue weighted by Crippen LogP contribution is 2.31. The van der Waals surface area contributed by atoms with Crippen molar-refractivity contribution in [3.63, 3.8) is 0 Å². The number of alkyl halides is 3. The van der Waals surface area contributed by atoms with Gasteiger partial charge in [-0.2, -0.15) is 13.2 Å². The van der Waals surface area contributed by atoms with Gasteiger partial charge in [0.1, 0.15) is 5.75 Å². The van der Waals surface area contributed by atoms with E-state index in [-0.39, 0.29) is 0 Å². The van der Waals surface area contributed by atoms with Crippen LogP contribution >= 0.6 is 11.8 Å². The van der Waals surface area contributed by atoms with Crippen molar-refractivity contribution >= 4 is 23.4 Å². The molecule has 0 aromatic heterocycles. The minimum Gasteiger partial charge on any atom is -0.494 e. The Labute approximate surface area is 183 Å². The second-order valence-corrected chi connectivity index (χ2v) is 7.94. The third kappa shape index (κ3) is 6.28. The smallest absolute Gasteiger partial charge is 0.416 e. The van der Waals surface area contributed by atoms with Gasteiger partial charge >= 0.3 is 6.18 Å². The number of ether oxygens (including phenoxy) is 1. The van der Waals surface area contributed by atoms with Crippen molar-refractivity contribution in [3.05, 3.63) is 89.0 Å². The van der Waals surface area contributed by atoms with Crippen LogP contribution in [0.15, 0.2) is 71.6 Å². The Kier molecular flexibility index (Phi) is 7.28. The number of benzene rings is 3. The summed E-state index contributed by atoms with van der Waals surface area (Å²) < 4.78 is 43.8. The van der Waals surface area contributed by atoms with Crippen LogP contribution in [0.4, 0.5) is 18.9 Å². The van der Waals surface area contributed by atoms with Crippen LogP contribution in [0.25, 0.3) is 0 Å². The van der Waals surface area contributed by atoms with Crippen LogP contribution in [-0.2, 0) is 11.9 Å². The molecule has 0 heterocycles. The van der Waals surface area contributed by atoms with Gasteiger partial charge < -0.3 is 10.1 Å². The highest BCUT2D eigenvalue weighted by molar-refractivity contribution is 7.98. The average Bonchev–Trinajstić information content (AvgIpc) is 2.74. The van der Waals surface area contributed by atoms with Gasteiger partial charge in [-0.15, -0.1) is 11.8 Å². The molecule has 0 aliphatic rings. The predicted molar refractivity (Wildman–Crippen MR) is 118 cm³/mol. The summed E-state index contributed by atoms with van der Waals surface area (Å²) in [6, 6.07) is 17.7. The van der Waals surface area contributed by atoms with Crippen molar-refractivity contribution in [3.8, 4) is 5.75 Å². The lowest BCUT2D eigenvalue weighted by molar-refractivity contribution is -0.137. The molecule has 1 N–H and O–H groups in total. The van der Waals surface area contributed by atoms with Crippen LogP contribution in [0.3, 0.4) is 0 Å². The molecular weight excluding hydrogens is 423 g/mol. The zero-order chi connectivity index (χ0) is 22.4. The Bertz CT molecular complexity index is 1030. The molecule has 3 aromatic rings. The first-order valence-electron chi connectivity index (χ1n) is 9.70. The first kappa shape index (κ1) is 22.7. The molecule has 3 nitrogen and oxygen atoms in total. The van der Waals surface area contributed by atoms with Crippen LogP contribution in [0.2, 0.25) is 0 Å². The van der Waals surface area contributed by atoms with Gasteiger partial charge in [0.25, 0.3) is 5.91 Å². The summed E-state index contributed by atoms with van der Waals surface area (Å²) in [5, 5.41) is 2.64. The fourth-order valence-electron chi connectivity index (χ4n) is 2.87. The molecule has 0 bridgehead atoms. The maximum atomic E-state index is 12.7. The highest BCUT2D eigenvalue weighted by Gasteiger charge is 2.30.